The van der Waals surface area contributed by atoms with Crippen molar-refractivity contribution in [1.29, 1.82) is 0 Å². The maximum Gasteiger partial charge on any atom is 0.244 e. The van der Waals surface area contributed by atoms with Gasteiger partial charge in [0.1, 0.15) is 0 Å². The molecule has 1 aliphatic rings. The maximum atomic E-state index is 10.8. The van der Waals surface area contributed by atoms with Crippen LogP contribution in [-0.4, -0.2) is 12.5 Å². The lowest BCUT2D eigenvalue weighted by Gasteiger charge is -1.93. The van der Waals surface area contributed by atoms with Crippen LogP contribution in [0.2, 0.25) is 0 Å². The van der Waals surface area contributed by atoms with Crippen LogP contribution >= 0.6 is 11.3 Å². The van der Waals surface area contributed by atoms with Gasteiger partial charge in [-0.3, -0.25) is 4.79 Å². The number of rotatable bonds is 1. The Kier molecular flexibility index (Phi) is 1.51. The zero-order chi connectivity index (χ0) is 7.68. The van der Waals surface area contributed by atoms with Gasteiger partial charge in [-0.05, 0) is 28.0 Å². The summed E-state index contributed by atoms with van der Waals surface area (Å²) in [6, 6.07) is 2.02. The van der Waals surface area contributed by atoms with E-state index in [1.165, 1.54) is 0 Å². The molecule has 1 aromatic rings. The number of amides is 1. The van der Waals surface area contributed by atoms with Gasteiger partial charge in [-0.2, -0.15) is 11.3 Å². The van der Waals surface area contributed by atoms with E-state index in [0.29, 0.717) is 6.54 Å². The Morgan fingerprint density at radius 1 is 1.55 bits per heavy atom. The van der Waals surface area contributed by atoms with Crippen molar-refractivity contribution in [3.8, 4) is 0 Å². The van der Waals surface area contributed by atoms with Gasteiger partial charge in [-0.15, -0.1) is 0 Å². The first-order chi connectivity index (χ1) is 5.36. The summed E-state index contributed by atoms with van der Waals surface area (Å²) in [6.07, 6.45) is 1.65. The highest BCUT2D eigenvalue weighted by atomic mass is 32.1. The lowest BCUT2D eigenvalue weighted by Crippen LogP contribution is -2.14. The van der Waals surface area contributed by atoms with Crippen molar-refractivity contribution >= 4 is 22.8 Å². The first kappa shape index (κ1) is 6.61. The van der Waals surface area contributed by atoms with Crippen molar-refractivity contribution in [2.45, 2.75) is 0 Å². The highest BCUT2D eigenvalue weighted by molar-refractivity contribution is 7.08. The molecule has 3 heteroatoms. The quantitative estimate of drug-likeness (QED) is 0.667. The largest absolute Gasteiger partial charge is 0.348 e. The van der Waals surface area contributed by atoms with E-state index >= 15 is 0 Å². The van der Waals surface area contributed by atoms with Crippen LogP contribution in [0.5, 0.6) is 0 Å². The second-order valence-electron chi connectivity index (χ2n) is 2.40. The first-order valence-electron chi connectivity index (χ1n) is 3.37. The van der Waals surface area contributed by atoms with Crippen LogP contribution in [0.25, 0.3) is 5.57 Å². The fourth-order valence-electron chi connectivity index (χ4n) is 1.08. The Morgan fingerprint density at radius 2 is 2.45 bits per heavy atom. The maximum absolute atomic E-state index is 10.8. The molecule has 0 fully saturated rings. The highest BCUT2D eigenvalue weighted by Crippen LogP contribution is 2.18. The molecule has 0 spiro atoms. The van der Waals surface area contributed by atoms with Gasteiger partial charge >= 0.3 is 0 Å². The minimum atomic E-state index is 0.0196. The zero-order valence-corrected chi connectivity index (χ0v) is 6.65. The van der Waals surface area contributed by atoms with Gasteiger partial charge < -0.3 is 5.32 Å². The number of thiophene rings is 1. The first-order valence-corrected chi connectivity index (χ1v) is 4.31. The predicted octanol–water partition coefficient (Wildman–Crippen LogP) is 1.26. The van der Waals surface area contributed by atoms with Crippen LogP contribution in [0, 0.1) is 0 Å². The Morgan fingerprint density at radius 3 is 3.00 bits per heavy atom. The van der Waals surface area contributed by atoms with Crippen molar-refractivity contribution in [1.82, 2.24) is 5.32 Å². The number of hydrogen-bond acceptors (Lipinski definition) is 2. The van der Waals surface area contributed by atoms with Crippen LogP contribution in [0.4, 0.5) is 0 Å². The summed E-state index contributed by atoms with van der Waals surface area (Å²) in [6.45, 7) is 0.676. The molecule has 0 atom stereocenters. The molecule has 0 radical (unpaired) electrons. The lowest BCUT2D eigenvalue weighted by molar-refractivity contribution is -0.115. The van der Waals surface area contributed by atoms with Gasteiger partial charge in [0.2, 0.25) is 5.91 Å². The second-order valence-corrected chi connectivity index (χ2v) is 3.18. The zero-order valence-electron chi connectivity index (χ0n) is 5.83. The molecule has 0 saturated carbocycles. The van der Waals surface area contributed by atoms with Crippen molar-refractivity contribution in [3.63, 3.8) is 0 Å². The summed E-state index contributed by atoms with van der Waals surface area (Å²) in [4.78, 5) is 10.8. The number of carbonyl (C=O) groups excluding carboxylic acids is 1. The third-order valence-corrected chi connectivity index (χ3v) is 2.33. The Bertz CT molecular complexity index is 300. The minimum Gasteiger partial charge on any atom is -0.348 e. The Labute approximate surface area is 68.5 Å². The molecule has 0 bridgehead atoms. The molecule has 2 rings (SSSR count). The van der Waals surface area contributed by atoms with Gasteiger partial charge in [0.05, 0.1) is 0 Å². The molecule has 1 aliphatic heterocycles. The molecule has 0 unspecified atom stereocenters. The summed E-state index contributed by atoms with van der Waals surface area (Å²) >= 11 is 1.65. The van der Waals surface area contributed by atoms with E-state index in [4.69, 9.17) is 0 Å². The number of nitrogens with one attached hydrogen (secondary N) is 1. The number of carbonyl (C=O) groups is 1. The molecule has 2 nitrogen and oxygen atoms in total. The third kappa shape index (κ3) is 1.19. The van der Waals surface area contributed by atoms with Crippen molar-refractivity contribution < 1.29 is 4.79 Å². The molecule has 0 saturated heterocycles. The minimum absolute atomic E-state index is 0.0196. The average Bonchev–Trinajstić information content (AvgIpc) is 2.55. The second kappa shape index (κ2) is 2.51. The summed E-state index contributed by atoms with van der Waals surface area (Å²) in [7, 11) is 0. The smallest absolute Gasteiger partial charge is 0.244 e. The van der Waals surface area contributed by atoms with E-state index < -0.39 is 0 Å². The Balaban J connectivity index is 2.31. The monoisotopic (exact) mass is 165 g/mol. The van der Waals surface area contributed by atoms with E-state index in [0.717, 1.165) is 11.1 Å². The van der Waals surface area contributed by atoms with Gasteiger partial charge in [0.25, 0.3) is 0 Å². The highest BCUT2D eigenvalue weighted by Gasteiger charge is 2.11. The van der Waals surface area contributed by atoms with Crippen molar-refractivity contribution in [2.24, 2.45) is 0 Å². The molecule has 0 aromatic carbocycles. The van der Waals surface area contributed by atoms with Crippen LogP contribution in [0.1, 0.15) is 5.56 Å². The summed E-state index contributed by atoms with van der Waals surface area (Å²) in [5.74, 6) is 0.0196. The molecule has 0 aliphatic carbocycles. The van der Waals surface area contributed by atoms with E-state index in [2.05, 4.69) is 5.32 Å². The van der Waals surface area contributed by atoms with E-state index in [1.54, 1.807) is 17.4 Å². The molecular weight excluding hydrogens is 158 g/mol. The number of hydrogen-bond donors (Lipinski definition) is 1. The van der Waals surface area contributed by atoms with E-state index in [-0.39, 0.29) is 5.91 Å². The summed E-state index contributed by atoms with van der Waals surface area (Å²) in [5.41, 5.74) is 2.25. The molecule has 56 valence electrons. The van der Waals surface area contributed by atoms with Crippen LogP contribution in [0.3, 0.4) is 0 Å². The van der Waals surface area contributed by atoms with Crippen LogP contribution < -0.4 is 5.32 Å². The molecule has 2 heterocycles. The topological polar surface area (TPSA) is 29.1 Å². The third-order valence-electron chi connectivity index (χ3n) is 1.65. The molecule has 11 heavy (non-hydrogen) atoms. The van der Waals surface area contributed by atoms with E-state index in [9.17, 15) is 4.79 Å². The predicted molar refractivity (Wildman–Crippen MR) is 45.3 cm³/mol. The van der Waals surface area contributed by atoms with Gasteiger partial charge in [0, 0.05) is 12.6 Å². The molecule has 1 aromatic heterocycles. The molecular formula is C8H7NOS. The van der Waals surface area contributed by atoms with Crippen LogP contribution in [0.15, 0.2) is 22.9 Å². The molecule has 1 amide bonds. The van der Waals surface area contributed by atoms with Crippen molar-refractivity contribution in [3.05, 3.63) is 28.5 Å². The average molecular weight is 165 g/mol. The molecule has 1 N–H and O–H groups in total. The van der Waals surface area contributed by atoms with Crippen molar-refractivity contribution in [2.75, 3.05) is 6.54 Å². The summed E-state index contributed by atoms with van der Waals surface area (Å²) in [5, 5.41) is 6.79. The Hall–Kier alpha value is -1.09. The van der Waals surface area contributed by atoms with Gasteiger partial charge in [-0.1, -0.05) is 0 Å². The van der Waals surface area contributed by atoms with Gasteiger partial charge in [-0.25, -0.2) is 0 Å². The SMILES string of the molecule is O=C1C=C(c2ccsc2)CN1. The normalized spacial score (nSPS) is 16.4. The standard InChI is InChI=1S/C8H7NOS/c10-8-3-7(4-9-8)6-1-2-11-5-6/h1-3,5H,4H2,(H,9,10). The van der Waals surface area contributed by atoms with Crippen LogP contribution in [-0.2, 0) is 4.79 Å². The summed E-state index contributed by atoms with van der Waals surface area (Å²) < 4.78 is 0. The fourth-order valence-corrected chi connectivity index (χ4v) is 1.76. The fraction of sp³-hybridized carbons (Fsp3) is 0.125. The van der Waals surface area contributed by atoms with Gasteiger partial charge in [0.15, 0.2) is 0 Å². The lowest BCUT2D eigenvalue weighted by atomic mass is 10.1. The van der Waals surface area contributed by atoms with E-state index in [1.807, 2.05) is 16.8 Å².